The van der Waals surface area contributed by atoms with Crippen LogP contribution in [-0.2, 0) is 9.59 Å². The molecule has 0 aliphatic carbocycles. The molecule has 0 saturated heterocycles. The van der Waals surface area contributed by atoms with Crippen LogP contribution in [0.5, 0.6) is 0 Å². The number of rotatable bonds is 11. The van der Waals surface area contributed by atoms with Crippen molar-refractivity contribution >= 4 is 70.4 Å². The van der Waals surface area contributed by atoms with Crippen molar-refractivity contribution in [2.75, 3.05) is 19.8 Å². The van der Waals surface area contributed by atoms with Crippen molar-refractivity contribution in [3.63, 3.8) is 0 Å². The van der Waals surface area contributed by atoms with Gasteiger partial charge in [-0.15, -0.1) is 24.4 Å². The third-order valence-electron chi connectivity index (χ3n) is 5.33. The van der Waals surface area contributed by atoms with E-state index in [1.807, 2.05) is 79.7 Å². The molecule has 0 radical (unpaired) electrons. The average molecular weight is 499 g/mol. The number of thiol groups is 1. The van der Waals surface area contributed by atoms with Crippen LogP contribution in [0.25, 0.3) is 23.1 Å². The van der Waals surface area contributed by atoms with E-state index < -0.39 is 0 Å². The van der Waals surface area contributed by atoms with E-state index in [1.54, 1.807) is 11.8 Å². The quantitative estimate of drug-likeness (QED) is 0.194. The van der Waals surface area contributed by atoms with Gasteiger partial charge in [-0.1, -0.05) is 54.1 Å². The fourth-order valence-electron chi connectivity index (χ4n) is 3.62. The average Bonchev–Trinajstić information content (AvgIpc) is 2.79. The molecule has 2 unspecified atom stereocenters. The summed E-state index contributed by atoms with van der Waals surface area (Å²) in [6, 6.07) is 17.7. The predicted octanol–water partition coefficient (Wildman–Crippen LogP) is 6.20. The number of hydrogen-bond donors (Lipinski definition) is 1. The smallest absolute Gasteiger partial charge is 0.186 e. The third-order valence-corrected chi connectivity index (χ3v) is 7.34. The molecule has 1 aromatic heterocycles. The van der Waals surface area contributed by atoms with E-state index in [1.165, 1.54) is 0 Å². The van der Waals surface area contributed by atoms with E-state index in [2.05, 4.69) is 18.7 Å². The lowest BCUT2D eigenvalue weighted by molar-refractivity contribution is -0.111. The number of fused-ring (bicyclic) bond motifs is 1. The van der Waals surface area contributed by atoms with E-state index in [9.17, 15) is 9.59 Å². The molecule has 0 spiro atoms. The molecule has 2 aromatic carbocycles. The molecule has 1 heterocycles. The summed E-state index contributed by atoms with van der Waals surface area (Å²) in [6.45, 7) is 0. The summed E-state index contributed by atoms with van der Waals surface area (Å²) < 4.78 is 0. The second-order valence-corrected chi connectivity index (χ2v) is 10.1. The minimum atomic E-state index is -0.149. The molecule has 0 fully saturated rings. The van der Waals surface area contributed by atoms with Crippen molar-refractivity contribution < 1.29 is 9.59 Å². The Hall–Kier alpha value is -2.12. The van der Waals surface area contributed by atoms with Gasteiger partial charge in [0.15, 0.2) is 5.12 Å². The Morgan fingerprint density at radius 3 is 2.64 bits per heavy atom. The third kappa shape index (κ3) is 7.44. The van der Waals surface area contributed by atoms with Gasteiger partial charge >= 0.3 is 0 Å². The molecule has 2 atom stereocenters. The van der Waals surface area contributed by atoms with Crippen LogP contribution >= 0.6 is 36.0 Å². The molecule has 33 heavy (non-hydrogen) atoms. The van der Waals surface area contributed by atoms with Gasteiger partial charge in [0.1, 0.15) is 6.29 Å². The van der Waals surface area contributed by atoms with Crippen LogP contribution in [0, 0.1) is 0 Å². The molecule has 0 aliphatic rings. The van der Waals surface area contributed by atoms with Gasteiger partial charge < -0.3 is 4.79 Å². The van der Waals surface area contributed by atoms with Crippen molar-refractivity contribution in [2.45, 2.75) is 24.1 Å². The zero-order valence-corrected chi connectivity index (χ0v) is 21.1. The summed E-state index contributed by atoms with van der Waals surface area (Å²) in [4.78, 5) is 29.7. The minimum Gasteiger partial charge on any atom is -0.303 e. The topological polar surface area (TPSA) is 50.3 Å². The maximum absolute atomic E-state index is 11.9. The van der Waals surface area contributed by atoms with E-state index in [0.29, 0.717) is 23.6 Å². The van der Waals surface area contributed by atoms with Gasteiger partial charge in [-0.25, -0.2) is 4.98 Å². The van der Waals surface area contributed by atoms with Crippen LogP contribution in [0.2, 0.25) is 5.02 Å². The van der Waals surface area contributed by atoms with Gasteiger partial charge in [0.05, 0.1) is 16.6 Å². The van der Waals surface area contributed by atoms with Crippen molar-refractivity contribution in [3.8, 4) is 0 Å². The number of aromatic nitrogens is 1. The molecular weight excluding hydrogens is 472 g/mol. The van der Waals surface area contributed by atoms with Crippen LogP contribution in [0.1, 0.15) is 35.6 Å². The summed E-state index contributed by atoms with van der Waals surface area (Å²) in [5.41, 5.74) is 3.78. The number of benzene rings is 2. The number of carbonyl (C=O) groups excluding carboxylic acids is 2. The van der Waals surface area contributed by atoms with Crippen molar-refractivity contribution in [3.05, 3.63) is 76.4 Å². The molecule has 0 saturated carbocycles. The molecular formula is C26H27ClN2O2S2. The Balaban J connectivity index is 1.86. The fraction of sp³-hybridized carbons (Fsp3) is 0.269. The fourth-order valence-corrected chi connectivity index (χ4v) is 5.27. The summed E-state index contributed by atoms with van der Waals surface area (Å²) in [5, 5.41) is 1.61. The van der Waals surface area contributed by atoms with Crippen molar-refractivity contribution in [1.82, 2.24) is 9.88 Å². The second-order valence-electron chi connectivity index (χ2n) is 7.98. The number of pyridine rings is 1. The molecule has 4 nitrogen and oxygen atoms in total. The van der Waals surface area contributed by atoms with Gasteiger partial charge in [0.2, 0.25) is 0 Å². The predicted molar refractivity (Wildman–Crippen MR) is 144 cm³/mol. The second kappa shape index (κ2) is 12.4. The van der Waals surface area contributed by atoms with Crippen molar-refractivity contribution in [1.29, 1.82) is 0 Å². The largest absolute Gasteiger partial charge is 0.303 e. The summed E-state index contributed by atoms with van der Waals surface area (Å²) in [6.07, 6.45) is 5.72. The Labute approximate surface area is 209 Å². The normalized spacial score (nSPS) is 13.5. The maximum Gasteiger partial charge on any atom is 0.186 e. The number of nitrogens with zero attached hydrogens (tertiary/aromatic N) is 2. The highest BCUT2D eigenvalue weighted by molar-refractivity contribution is 7.99. The number of halogens is 1. The van der Waals surface area contributed by atoms with Gasteiger partial charge in [-0.05, 0) is 49.5 Å². The zero-order valence-electron chi connectivity index (χ0n) is 18.6. The number of hydrogen-bond acceptors (Lipinski definition) is 5. The lowest BCUT2D eigenvalue weighted by Gasteiger charge is -2.25. The lowest BCUT2D eigenvalue weighted by atomic mass is 9.93. The molecule has 3 aromatic rings. The Morgan fingerprint density at radius 1 is 1.15 bits per heavy atom. The van der Waals surface area contributed by atoms with Gasteiger partial charge in [0, 0.05) is 34.9 Å². The number of aldehydes is 1. The van der Waals surface area contributed by atoms with Gasteiger partial charge in [0.25, 0.3) is 0 Å². The number of carbonyl (C=O) groups is 2. The first-order valence-corrected chi connectivity index (χ1v) is 12.5. The molecule has 0 bridgehead atoms. The van der Waals surface area contributed by atoms with Crippen LogP contribution in [0.3, 0.4) is 0 Å². The zero-order chi connectivity index (χ0) is 23.8. The first-order chi connectivity index (χ1) is 15.9. The summed E-state index contributed by atoms with van der Waals surface area (Å²) >= 11 is 11.8. The molecule has 7 heteroatoms. The summed E-state index contributed by atoms with van der Waals surface area (Å²) in [7, 11) is 3.92. The van der Waals surface area contributed by atoms with Crippen LogP contribution in [-0.4, -0.2) is 46.5 Å². The standard InChI is InChI=1S/C26H27ClN2O2S2/c1-29(2)25(13-14-30)33-17-20(15-26(31)32)23-6-4-3-5-18(23)8-11-22-12-9-19-7-10-21(27)16-24(19)28-22/h3-12,14,16,20,25H,13,15,17H2,1-2H3,(H,31,32). The van der Waals surface area contributed by atoms with E-state index >= 15 is 0 Å². The Bertz CT molecular complexity index is 1150. The molecule has 172 valence electrons. The summed E-state index contributed by atoms with van der Waals surface area (Å²) in [5.74, 6) is 0.693. The van der Waals surface area contributed by atoms with Gasteiger partial charge in [-0.3, -0.25) is 9.69 Å². The molecule has 0 amide bonds. The maximum atomic E-state index is 11.9. The van der Waals surface area contributed by atoms with E-state index in [-0.39, 0.29) is 16.4 Å². The monoisotopic (exact) mass is 498 g/mol. The lowest BCUT2D eigenvalue weighted by Crippen LogP contribution is -2.26. The molecule has 0 N–H and O–H groups in total. The van der Waals surface area contributed by atoms with Crippen LogP contribution < -0.4 is 0 Å². The highest BCUT2D eigenvalue weighted by Crippen LogP contribution is 2.31. The van der Waals surface area contributed by atoms with Gasteiger partial charge in [-0.2, -0.15) is 0 Å². The Kier molecular flexibility index (Phi) is 9.56. The highest BCUT2D eigenvalue weighted by atomic mass is 35.5. The number of thioether (sulfide) groups is 1. The first-order valence-electron chi connectivity index (χ1n) is 10.6. The van der Waals surface area contributed by atoms with Crippen LogP contribution in [0.4, 0.5) is 0 Å². The van der Waals surface area contributed by atoms with E-state index in [0.717, 1.165) is 34.0 Å². The highest BCUT2D eigenvalue weighted by Gasteiger charge is 2.20. The molecule has 0 aliphatic heterocycles. The Morgan fingerprint density at radius 2 is 1.91 bits per heavy atom. The SMILES string of the molecule is CN(C)C(CC=O)SCC(CC(=O)S)c1ccccc1C=Cc1ccc2ccc(Cl)cc2n1. The van der Waals surface area contributed by atoms with Crippen LogP contribution in [0.15, 0.2) is 54.6 Å². The van der Waals surface area contributed by atoms with Crippen molar-refractivity contribution in [2.24, 2.45) is 0 Å². The first kappa shape index (κ1) is 25.5. The molecule has 3 rings (SSSR count). The van der Waals surface area contributed by atoms with E-state index in [4.69, 9.17) is 16.6 Å². The minimum absolute atomic E-state index is 0.0154.